The maximum Gasteiger partial charge on any atom is 0.416 e. The Labute approximate surface area is 319 Å². The fourth-order valence-electron chi connectivity index (χ4n) is 14.0. The number of rotatable bonds is 4. The average Bonchev–Trinajstić information content (AvgIpc) is 4.02. The molecule has 0 bridgehead atoms. The van der Waals surface area contributed by atoms with Gasteiger partial charge >= 0.3 is 12.1 Å². The number of alkyl halides is 3. The van der Waals surface area contributed by atoms with Gasteiger partial charge in [0.15, 0.2) is 6.29 Å². The number of esters is 1. The van der Waals surface area contributed by atoms with Gasteiger partial charge < -0.3 is 54.9 Å². The maximum atomic E-state index is 14.6. The molecule has 0 radical (unpaired) electrons. The van der Waals surface area contributed by atoms with Gasteiger partial charge in [-0.05, 0) is 62.3 Å². The van der Waals surface area contributed by atoms with Crippen molar-refractivity contribution in [2.75, 3.05) is 0 Å². The van der Waals surface area contributed by atoms with E-state index in [4.69, 9.17) is 18.9 Å². The number of epoxide rings is 2. The zero-order chi connectivity index (χ0) is 40.8. The molecule has 3 saturated heterocycles. The van der Waals surface area contributed by atoms with Crippen LogP contribution in [0, 0.1) is 57.7 Å². The smallest absolute Gasteiger partial charge is 0.416 e. The van der Waals surface area contributed by atoms with E-state index in [1.54, 1.807) is 20.8 Å². The molecule has 7 N–H and O–H groups in total. The van der Waals surface area contributed by atoms with Crippen molar-refractivity contribution in [1.82, 2.24) is 5.32 Å². The van der Waals surface area contributed by atoms with Crippen molar-refractivity contribution in [3.8, 4) is 0 Å². The first-order chi connectivity index (χ1) is 25.9. The van der Waals surface area contributed by atoms with Crippen LogP contribution in [0.3, 0.4) is 0 Å². The molecule has 17 heteroatoms. The van der Waals surface area contributed by atoms with Crippen LogP contribution in [0.5, 0.6) is 0 Å². The van der Waals surface area contributed by atoms with Gasteiger partial charge in [-0.25, -0.2) is 0 Å². The second-order valence-corrected chi connectivity index (χ2v) is 18.4. The molecule has 8 aliphatic rings. The number of ketones is 1. The van der Waals surface area contributed by atoms with Crippen molar-refractivity contribution >= 4 is 17.7 Å². The Morgan fingerprint density at radius 3 is 2.12 bits per heavy atom. The van der Waals surface area contributed by atoms with E-state index in [1.165, 1.54) is 13.8 Å². The number of hydrogen-bond acceptors (Lipinski definition) is 13. The quantitative estimate of drug-likeness (QED) is 0.163. The summed E-state index contributed by atoms with van der Waals surface area (Å²) in [5.41, 5.74) is -8.27. The van der Waals surface area contributed by atoms with Crippen LogP contribution in [-0.4, -0.2) is 121 Å². The summed E-state index contributed by atoms with van der Waals surface area (Å²) in [7, 11) is 0. The van der Waals surface area contributed by atoms with Gasteiger partial charge in [0.1, 0.15) is 35.8 Å². The number of hydrogen-bond donors (Lipinski definition) is 7. The first kappa shape index (κ1) is 38.8. The summed E-state index contributed by atoms with van der Waals surface area (Å²) in [5.74, 6) is -11.4. The molecule has 1 aromatic carbocycles. The minimum Gasteiger partial charge on any atom is -0.459 e. The van der Waals surface area contributed by atoms with Crippen LogP contribution in [-0.2, 0) is 34.7 Å². The van der Waals surface area contributed by atoms with E-state index in [-0.39, 0.29) is 12.0 Å². The molecule has 14 nitrogen and oxygen atoms in total. The number of benzene rings is 1. The largest absolute Gasteiger partial charge is 0.459 e. The number of amides is 1. The van der Waals surface area contributed by atoms with Crippen LogP contribution in [0.25, 0.3) is 0 Å². The fourth-order valence-corrected chi connectivity index (χ4v) is 14.0. The summed E-state index contributed by atoms with van der Waals surface area (Å²) >= 11 is 0. The van der Waals surface area contributed by atoms with Crippen LogP contribution in [0.15, 0.2) is 24.3 Å². The molecule has 5 aliphatic carbocycles. The fraction of sp³-hybridized carbons (Fsp3) is 0.769. The van der Waals surface area contributed by atoms with E-state index in [0.717, 1.165) is 31.2 Å². The first-order valence-corrected chi connectivity index (χ1v) is 19.3. The van der Waals surface area contributed by atoms with Crippen molar-refractivity contribution in [1.29, 1.82) is 0 Å². The van der Waals surface area contributed by atoms with E-state index in [2.05, 4.69) is 5.32 Å². The molecule has 8 fully saturated rings. The number of aliphatic hydroxyl groups is 6. The van der Waals surface area contributed by atoms with Crippen molar-refractivity contribution in [2.45, 2.75) is 127 Å². The molecular formula is C39H48F3NO13. The van der Waals surface area contributed by atoms with Gasteiger partial charge in [0.25, 0.3) is 5.91 Å². The lowest BCUT2D eigenvalue weighted by atomic mass is 9.39. The summed E-state index contributed by atoms with van der Waals surface area (Å²) in [6, 6.07) is 2.25. The van der Waals surface area contributed by atoms with Crippen LogP contribution >= 0.6 is 0 Å². The number of fused-ring (bicyclic) bond motifs is 9. The predicted octanol–water partition coefficient (Wildman–Crippen LogP) is 0.521. The number of aliphatic hydroxyl groups excluding tert-OH is 5. The zero-order valence-electron chi connectivity index (χ0n) is 31.5. The lowest BCUT2D eigenvalue weighted by Crippen LogP contribution is -2.77. The second-order valence-electron chi connectivity index (χ2n) is 18.4. The Hall–Kier alpha value is -2.74. The summed E-state index contributed by atoms with van der Waals surface area (Å²) in [5, 5.41) is 76.8. The maximum absolute atomic E-state index is 14.6. The minimum atomic E-state index is -4.66. The summed E-state index contributed by atoms with van der Waals surface area (Å²) < 4.78 is 64.1. The molecule has 0 aromatic heterocycles. The Balaban J connectivity index is 1.23. The molecule has 3 aliphatic heterocycles. The highest BCUT2D eigenvalue weighted by molar-refractivity contribution is 5.94. The van der Waals surface area contributed by atoms with Crippen molar-refractivity contribution in [3.63, 3.8) is 0 Å². The highest BCUT2D eigenvalue weighted by Gasteiger charge is 2.92. The van der Waals surface area contributed by atoms with Crippen LogP contribution in [0.1, 0.15) is 63.9 Å². The SMILES string of the molecule is CC(=O)O[C@H]1[C@H]2[C@@H]([C@@H](O)[C@H](NC(=O)c3ccc(C(F)(F)F)cc3)[C@H]3C[C@@H]4O[C@@H]4[C@H](O)[C@]23C)[C@@H]2[C@@H](O)[C@@H]3[C@H]([C@H](C)[C@H]4O[C@]45OC(O)[C@@](C)(O)[C@]35C)[C@@]2(C(C)=O)[C@H]1O. The highest BCUT2D eigenvalue weighted by Crippen LogP contribution is 2.81. The van der Waals surface area contributed by atoms with Gasteiger partial charge in [0, 0.05) is 41.6 Å². The predicted molar refractivity (Wildman–Crippen MR) is 180 cm³/mol. The van der Waals surface area contributed by atoms with Crippen LogP contribution in [0.4, 0.5) is 13.2 Å². The van der Waals surface area contributed by atoms with E-state index in [1.807, 2.05) is 0 Å². The Bertz CT molecular complexity index is 1880. The molecular weight excluding hydrogens is 747 g/mol. The number of carbonyl (C=O) groups is 3. The molecule has 9 rings (SSSR count). The third-order valence-electron chi connectivity index (χ3n) is 16.5. The topological polar surface area (TPSA) is 228 Å². The van der Waals surface area contributed by atoms with Gasteiger partial charge in [-0.2, -0.15) is 13.2 Å². The molecule has 1 spiro atoms. The zero-order valence-corrected chi connectivity index (χ0v) is 31.5. The molecule has 308 valence electrons. The molecule has 1 amide bonds. The van der Waals surface area contributed by atoms with Gasteiger partial charge in [-0.3, -0.25) is 14.4 Å². The van der Waals surface area contributed by atoms with Crippen LogP contribution < -0.4 is 5.32 Å². The number of ether oxygens (including phenoxy) is 4. The van der Waals surface area contributed by atoms with Crippen molar-refractivity contribution in [3.05, 3.63) is 35.4 Å². The van der Waals surface area contributed by atoms with E-state index in [0.29, 0.717) is 0 Å². The number of halogens is 3. The lowest BCUT2D eigenvalue weighted by molar-refractivity contribution is -0.279. The van der Waals surface area contributed by atoms with E-state index < -0.39 is 160 Å². The third-order valence-corrected chi connectivity index (χ3v) is 16.5. The van der Waals surface area contributed by atoms with Gasteiger partial charge in [0.05, 0.1) is 46.9 Å². The molecule has 5 saturated carbocycles. The summed E-state index contributed by atoms with van der Waals surface area (Å²) in [6.07, 6.45) is -16.2. The van der Waals surface area contributed by atoms with Crippen molar-refractivity contribution in [2.24, 2.45) is 57.7 Å². The average molecular weight is 796 g/mol. The summed E-state index contributed by atoms with van der Waals surface area (Å²) in [4.78, 5) is 41.6. The second kappa shape index (κ2) is 11.5. The highest BCUT2D eigenvalue weighted by atomic mass is 19.4. The Morgan fingerprint density at radius 1 is 0.893 bits per heavy atom. The number of Topliss-reactive ketones (excluding diaryl/α,β-unsaturated/α-hetero) is 1. The third kappa shape index (κ3) is 4.31. The number of nitrogens with one attached hydrogen (secondary N) is 1. The van der Waals surface area contributed by atoms with E-state index >= 15 is 0 Å². The molecule has 1 aromatic rings. The molecule has 22 atom stereocenters. The molecule has 1 unspecified atom stereocenters. The molecule has 56 heavy (non-hydrogen) atoms. The molecule has 3 heterocycles. The monoisotopic (exact) mass is 795 g/mol. The lowest BCUT2D eigenvalue weighted by Gasteiger charge is -2.67. The minimum absolute atomic E-state index is 0.152. The Morgan fingerprint density at radius 2 is 1.54 bits per heavy atom. The normalized spacial score (nSPS) is 55.9. The van der Waals surface area contributed by atoms with Crippen LogP contribution in [0.2, 0.25) is 0 Å². The first-order valence-electron chi connectivity index (χ1n) is 19.3. The Kier molecular flexibility index (Phi) is 7.96. The van der Waals surface area contributed by atoms with Gasteiger partial charge in [-0.1, -0.05) is 20.8 Å². The summed E-state index contributed by atoms with van der Waals surface area (Å²) in [6.45, 7) is 8.71. The van der Waals surface area contributed by atoms with Gasteiger partial charge in [-0.15, -0.1) is 0 Å². The van der Waals surface area contributed by atoms with E-state index in [9.17, 15) is 58.2 Å². The number of carbonyl (C=O) groups excluding carboxylic acids is 3. The van der Waals surface area contributed by atoms with Gasteiger partial charge in [0.2, 0.25) is 5.79 Å². The standard InChI is InChI=1S/C39H48F3NO13/c1-12-20-23(35(5)36(6,52)33(51)56-38(35)31(12)55-38)26(47)21-19-22(28(53-14(3)45)30(49)37(20,21)13(2)44)34(4)17(11-18-27(54-18)29(34)48)24(25(19)46)43-32(50)15-7-9-16(10-8-15)39(40,41)42/h7-10,12,17-31,33,46-49,51-52H,11H2,1-6H3,(H,43,50)/t12-,17+,18-,19-,20-,21+,22+,23-,24+,25+,26+,27-,28-,29-,30-,31+,33?,34-,35-,36+,37+,38-/m0/s1. The van der Waals surface area contributed by atoms with Crippen molar-refractivity contribution < 1.29 is 77.1 Å².